The first-order valence-corrected chi connectivity index (χ1v) is 42.4. The van der Waals surface area contributed by atoms with E-state index < -0.39 is 148 Å². The molecule has 0 saturated carbocycles. The number of carbonyl (C=O) groups excluding carboxylic acids is 2. The van der Waals surface area contributed by atoms with Gasteiger partial charge >= 0.3 is 5.97 Å². The number of rotatable bonds is 68. The van der Waals surface area contributed by atoms with Crippen LogP contribution in [0.2, 0.25) is 0 Å². The van der Waals surface area contributed by atoms with Crippen LogP contribution in [0.5, 0.6) is 0 Å². The van der Waals surface area contributed by atoms with Gasteiger partial charge in [0, 0.05) is 19.8 Å². The number of nitrogens with one attached hydrogen (secondary N) is 2. The van der Waals surface area contributed by atoms with E-state index in [4.69, 9.17) is 28.4 Å². The molecule has 3 aliphatic rings. The van der Waals surface area contributed by atoms with Crippen molar-refractivity contribution in [2.75, 3.05) is 26.4 Å². The highest BCUT2D eigenvalue weighted by atomic mass is 16.8. The van der Waals surface area contributed by atoms with Crippen LogP contribution >= 0.6 is 0 Å². The standard InChI is InChI=1S/C81H154N2O21/c1-4-6-8-10-12-14-16-18-20-21-22-23-24-25-26-27-28-29-30-31-32-33-34-35-36-37-38-39-41-43-45-47-49-51-53-55-68(91)83-62(63(88)54-52-50-48-46-44-42-40-19-17-15-13-11-9-7-5-2)60-99-78-73(95)72(94)75(67(59-86)101-78)102-79-74(96)77(71(93)66(58-85)100-79)104-81(80(97)98)56-64(89)69(82-61(3)87)76(103-81)70(92)65(90)57-84/h62-67,69-79,84-86,88-90,92-96H,4-60H2,1-3H3,(H,82,87)(H,83,91)(H,97,98). The molecule has 3 aliphatic heterocycles. The van der Waals surface area contributed by atoms with Gasteiger partial charge in [-0.25, -0.2) is 4.79 Å². The van der Waals surface area contributed by atoms with Gasteiger partial charge in [-0.2, -0.15) is 0 Å². The summed E-state index contributed by atoms with van der Waals surface area (Å²) in [6.45, 7) is 2.26. The van der Waals surface area contributed by atoms with Crippen LogP contribution in [-0.4, -0.2) is 215 Å². The molecule has 104 heavy (non-hydrogen) atoms. The van der Waals surface area contributed by atoms with Gasteiger partial charge in [-0.3, -0.25) is 9.59 Å². The Hall–Kier alpha value is -2.27. The Balaban J connectivity index is 1.42. The summed E-state index contributed by atoms with van der Waals surface area (Å²) in [4.78, 5) is 38.7. The van der Waals surface area contributed by atoms with Crippen molar-refractivity contribution in [3.63, 3.8) is 0 Å². The first-order chi connectivity index (χ1) is 50.4. The van der Waals surface area contributed by atoms with Crippen LogP contribution in [0.25, 0.3) is 0 Å². The summed E-state index contributed by atoms with van der Waals surface area (Å²) in [6, 6.07) is -2.53. The van der Waals surface area contributed by atoms with Gasteiger partial charge in [0.1, 0.15) is 67.1 Å². The number of hydrogen-bond acceptors (Lipinski definition) is 20. The first-order valence-electron chi connectivity index (χ1n) is 42.4. The molecule has 0 aromatic heterocycles. The predicted octanol–water partition coefficient (Wildman–Crippen LogP) is 12.0. The lowest BCUT2D eigenvalue weighted by atomic mass is 9.88. The summed E-state index contributed by atoms with van der Waals surface area (Å²) >= 11 is 0. The van der Waals surface area contributed by atoms with Crippen molar-refractivity contribution < 1.29 is 104 Å². The minimum absolute atomic E-state index is 0.230. The third-order valence-corrected chi connectivity index (χ3v) is 21.8. The largest absolute Gasteiger partial charge is 0.477 e. The van der Waals surface area contributed by atoms with Crippen molar-refractivity contribution in [2.45, 2.75) is 471 Å². The van der Waals surface area contributed by atoms with Crippen molar-refractivity contribution in [2.24, 2.45) is 0 Å². The summed E-state index contributed by atoms with van der Waals surface area (Å²) in [6.07, 6.45) is 35.6. The van der Waals surface area contributed by atoms with Gasteiger partial charge in [-0.15, -0.1) is 0 Å². The zero-order valence-electron chi connectivity index (χ0n) is 65.2. The molecule has 3 saturated heterocycles. The Morgan fingerprint density at radius 3 is 1.20 bits per heavy atom. The van der Waals surface area contributed by atoms with E-state index in [0.29, 0.717) is 19.3 Å². The zero-order valence-corrected chi connectivity index (χ0v) is 65.2. The normalized spacial score (nSPS) is 26.3. The molecule has 23 nitrogen and oxygen atoms in total. The molecule has 14 N–H and O–H groups in total. The number of aliphatic hydroxyl groups excluding tert-OH is 11. The third kappa shape index (κ3) is 40.1. The lowest BCUT2D eigenvalue weighted by molar-refractivity contribution is -0.386. The van der Waals surface area contributed by atoms with Crippen molar-refractivity contribution in [3.05, 3.63) is 0 Å². The number of carbonyl (C=O) groups is 3. The molecule has 3 rings (SSSR count). The Morgan fingerprint density at radius 2 is 0.837 bits per heavy atom. The van der Waals surface area contributed by atoms with Crippen LogP contribution in [0.3, 0.4) is 0 Å². The van der Waals surface area contributed by atoms with Crippen LogP contribution in [-0.2, 0) is 42.8 Å². The first kappa shape index (κ1) is 95.9. The second-order valence-electron chi connectivity index (χ2n) is 31.1. The quantitative estimate of drug-likeness (QED) is 0.0252. The number of amides is 2. The molecule has 614 valence electrons. The van der Waals surface area contributed by atoms with Crippen molar-refractivity contribution in [3.8, 4) is 0 Å². The maximum Gasteiger partial charge on any atom is 0.364 e. The minimum atomic E-state index is -3.08. The van der Waals surface area contributed by atoms with Crippen LogP contribution in [0.4, 0.5) is 0 Å². The fraction of sp³-hybridized carbons (Fsp3) is 0.963. The average molecular weight is 1490 g/mol. The number of aliphatic carboxylic acids is 1. The molecule has 18 unspecified atom stereocenters. The van der Waals surface area contributed by atoms with Crippen molar-refractivity contribution >= 4 is 17.8 Å². The predicted molar refractivity (Wildman–Crippen MR) is 403 cm³/mol. The average Bonchev–Trinajstić information content (AvgIpc) is 0.754. The SMILES string of the molecule is CCCCCCCCCCCCCCCCCCCCCCCCCCCCCCCCCCCCCC(=O)NC(COC1OC(CO)C(OC2OC(CO)C(O)C(OC3(C(=O)O)CC(O)C(NC(C)=O)C(C(O)C(O)CO)O3)C2O)C(O)C1O)C(O)CCCCCCCCCCCCCCCCC. The third-order valence-electron chi connectivity index (χ3n) is 21.8. The van der Waals surface area contributed by atoms with E-state index in [1.165, 1.54) is 263 Å². The number of ether oxygens (including phenoxy) is 6. The molecule has 2 amide bonds. The Kier molecular flexibility index (Phi) is 55.8. The Morgan fingerprint density at radius 1 is 0.462 bits per heavy atom. The Bertz CT molecular complexity index is 2070. The molecule has 0 spiro atoms. The summed E-state index contributed by atoms with van der Waals surface area (Å²) in [5.41, 5.74) is 0. The fourth-order valence-corrected chi connectivity index (χ4v) is 15.1. The number of carboxylic acid groups (broad SMARTS) is 1. The van der Waals surface area contributed by atoms with Crippen molar-refractivity contribution in [1.29, 1.82) is 0 Å². The van der Waals surface area contributed by atoms with E-state index >= 15 is 0 Å². The van der Waals surface area contributed by atoms with E-state index in [1.807, 2.05) is 0 Å². The number of carboxylic acids is 1. The lowest BCUT2D eigenvalue weighted by Crippen LogP contribution is -2.70. The van der Waals surface area contributed by atoms with E-state index in [0.717, 1.165) is 51.9 Å². The summed E-state index contributed by atoms with van der Waals surface area (Å²) in [5, 5.41) is 137. The van der Waals surface area contributed by atoms with Gasteiger partial charge < -0.3 is 100 Å². The van der Waals surface area contributed by atoms with Gasteiger partial charge in [0.2, 0.25) is 11.8 Å². The van der Waals surface area contributed by atoms with Crippen LogP contribution in [0, 0.1) is 0 Å². The van der Waals surface area contributed by atoms with Gasteiger partial charge in [0.25, 0.3) is 5.79 Å². The summed E-state index contributed by atoms with van der Waals surface area (Å²) in [7, 11) is 0. The molecule has 0 aliphatic carbocycles. The fourth-order valence-electron chi connectivity index (χ4n) is 15.1. The molecule has 0 aromatic rings. The van der Waals surface area contributed by atoms with Crippen LogP contribution in [0.15, 0.2) is 0 Å². The molecule has 0 aromatic carbocycles. The molecular weight excluding hydrogens is 1340 g/mol. The van der Waals surface area contributed by atoms with E-state index in [2.05, 4.69) is 24.5 Å². The van der Waals surface area contributed by atoms with E-state index in [9.17, 15) is 75.7 Å². The molecule has 3 fully saturated rings. The Labute approximate surface area is 627 Å². The van der Waals surface area contributed by atoms with E-state index in [-0.39, 0.29) is 18.9 Å². The number of unbranched alkanes of at least 4 members (excludes halogenated alkanes) is 48. The maximum atomic E-state index is 13.6. The topological polar surface area (TPSA) is 373 Å². The highest BCUT2D eigenvalue weighted by Crippen LogP contribution is 2.39. The smallest absolute Gasteiger partial charge is 0.364 e. The molecule has 3 heterocycles. The van der Waals surface area contributed by atoms with Gasteiger partial charge in [-0.05, 0) is 12.8 Å². The van der Waals surface area contributed by atoms with Gasteiger partial charge in [-0.1, -0.05) is 328 Å². The summed E-state index contributed by atoms with van der Waals surface area (Å²) in [5.74, 6) is -6.09. The van der Waals surface area contributed by atoms with Crippen LogP contribution < -0.4 is 10.6 Å². The second kappa shape index (κ2) is 60.5. The highest BCUT2D eigenvalue weighted by molar-refractivity contribution is 5.77. The maximum absolute atomic E-state index is 13.6. The number of hydrogen-bond donors (Lipinski definition) is 14. The van der Waals surface area contributed by atoms with E-state index in [1.54, 1.807) is 0 Å². The molecule has 23 heteroatoms. The second-order valence-corrected chi connectivity index (χ2v) is 31.1. The minimum Gasteiger partial charge on any atom is -0.477 e. The molecule has 18 atom stereocenters. The van der Waals surface area contributed by atoms with Crippen LogP contribution in [0.1, 0.15) is 361 Å². The monoisotopic (exact) mass is 1490 g/mol. The highest BCUT2D eigenvalue weighted by Gasteiger charge is 2.60. The van der Waals surface area contributed by atoms with Crippen molar-refractivity contribution in [1.82, 2.24) is 10.6 Å². The zero-order chi connectivity index (χ0) is 76.0. The summed E-state index contributed by atoms with van der Waals surface area (Å²) < 4.78 is 35.0. The molecular formula is C81H154N2O21. The van der Waals surface area contributed by atoms with Gasteiger partial charge in [0.05, 0.1) is 50.7 Å². The molecule has 0 bridgehead atoms. The lowest BCUT2D eigenvalue weighted by Gasteiger charge is -2.50. The molecule has 0 radical (unpaired) electrons. The van der Waals surface area contributed by atoms with Gasteiger partial charge in [0.15, 0.2) is 12.6 Å². The number of aliphatic hydroxyl groups is 11.